The van der Waals surface area contributed by atoms with Crippen molar-refractivity contribution < 1.29 is 5.11 Å². The van der Waals surface area contributed by atoms with Crippen molar-refractivity contribution in [3.8, 4) is 0 Å². The molecule has 2 aromatic carbocycles. The summed E-state index contributed by atoms with van der Waals surface area (Å²) in [5.41, 5.74) is 1.94. The van der Waals surface area contributed by atoms with E-state index in [2.05, 4.69) is 5.32 Å². The summed E-state index contributed by atoms with van der Waals surface area (Å²) in [6.07, 6.45) is -0.543. The fraction of sp³-hybridized carbons (Fsp3) is 0.250. The summed E-state index contributed by atoms with van der Waals surface area (Å²) in [6, 6.07) is 15.1. The van der Waals surface area contributed by atoms with E-state index in [0.717, 1.165) is 11.1 Å². The zero-order chi connectivity index (χ0) is 14.5. The molecule has 20 heavy (non-hydrogen) atoms. The lowest BCUT2D eigenvalue weighted by molar-refractivity contribution is 0.135. The molecular formula is C16H17Cl2NO. The Morgan fingerprint density at radius 1 is 1.05 bits per heavy atom. The molecule has 0 spiro atoms. The first-order chi connectivity index (χ1) is 9.58. The maximum absolute atomic E-state index is 10.3. The third-order valence-corrected chi connectivity index (χ3v) is 3.97. The quantitative estimate of drug-likeness (QED) is 0.867. The van der Waals surface area contributed by atoms with Gasteiger partial charge in [0.2, 0.25) is 0 Å². The molecule has 2 N–H and O–H groups in total. The molecule has 0 aliphatic heterocycles. The lowest BCUT2D eigenvalue weighted by atomic mass is 10.0. The van der Waals surface area contributed by atoms with Crippen LogP contribution in [0.15, 0.2) is 48.5 Å². The van der Waals surface area contributed by atoms with E-state index in [4.69, 9.17) is 23.2 Å². The number of aliphatic hydroxyl groups excluding tert-OH is 1. The first-order valence-electron chi connectivity index (χ1n) is 6.48. The number of hydrogen-bond donors (Lipinski definition) is 2. The highest BCUT2D eigenvalue weighted by Gasteiger charge is 2.15. The van der Waals surface area contributed by atoms with Gasteiger partial charge in [-0.3, -0.25) is 0 Å². The molecule has 0 radical (unpaired) electrons. The smallest absolute Gasteiger partial charge is 0.0940 e. The van der Waals surface area contributed by atoms with Crippen molar-refractivity contribution in [2.24, 2.45) is 0 Å². The average Bonchev–Trinajstić information content (AvgIpc) is 2.48. The Kier molecular flexibility index (Phi) is 5.44. The van der Waals surface area contributed by atoms with Gasteiger partial charge in [-0.15, -0.1) is 0 Å². The molecular weight excluding hydrogens is 293 g/mol. The standard InChI is InChI=1S/C16H17Cl2NO/c1-11(16(20)13-5-3-2-4-6-13)19-10-12-7-8-14(17)15(18)9-12/h2-9,11,16,19-20H,10H2,1H3/t11-,16+/m1/s1. The number of benzene rings is 2. The molecule has 106 valence electrons. The van der Waals surface area contributed by atoms with Crippen LogP contribution < -0.4 is 5.32 Å². The van der Waals surface area contributed by atoms with Gasteiger partial charge < -0.3 is 10.4 Å². The summed E-state index contributed by atoms with van der Waals surface area (Å²) in [5.74, 6) is 0. The molecule has 0 aliphatic rings. The van der Waals surface area contributed by atoms with Gasteiger partial charge in [0.1, 0.15) is 0 Å². The summed E-state index contributed by atoms with van der Waals surface area (Å²) < 4.78 is 0. The number of halogens is 2. The molecule has 0 amide bonds. The zero-order valence-electron chi connectivity index (χ0n) is 11.2. The van der Waals surface area contributed by atoms with Crippen LogP contribution in [-0.4, -0.2) is 11.1 Å². The Morgan fingerprint density at radius 2 is 1.75 bits per heavy atom. The van der Waals surface area contributed by atoms with Gasteiger partial charge in [-0.05, 0) is 30.2 Å². The maximum atomic E-state index is 10.3. The van der Waals surface area contributed by atoms with E-state index in [0.29, 0.717) is 16.6 Å². The average molecular weight is 310 g/mol. The van der Waals surface area contributed by atoms with Crippen molar-refractivity contribution in [3.63, 3.8) is 0 Å². The molecule has 0 saturated carbocycles. The second-order valence-electron chi connectivity index (χ2n) is 4.77. The molecule has 0 fully saturated rings. The number of rotatable bonds is 5. The van der Waals surface area contributed by atoms with E-state index in [9.17, 15) is 5.11 Å². The Morgan fingerprint density at radius 3 is 2.40 bits per heavy atom. The lowest BCUT2D eigenvalue weighted by Crippen LogP contribution is -2.31. The largest absolute Gasteiger partial charge is 0.387 e. The predicted molar refractivity (Wildman–Crippen MR) is 84.2 cm³/mol. The van der Waals surface area contributed by atoms with Gasteiger partial charge in [-0.1, -0.05) is 59.6 Å². The van der Waals surface area contributed by atoms with Gasteiger partial charge in [0.25, 0.3) is 0 Å². The Labute approximate surface area is 129 Å². The predicted octanol–water partition coefficient (Wildman–Crippen LogP) is 4.21. The Balaban J connectivity index is 1.94. The monoisotopic (exact) mass is 309 g/mol. The van der Waals surface area contributed by atoms with Crippen LogP contribution in [0.4, 0.5) is 0 Å². The van der Waals surface area contributed by atoms with Crippen LogP contribution in [0.2, 0.25) is 10.0 Å². The highest BCUT2D eigenvalue weighted by molar-refractivity contribution is 6.42. The third kappa shape index (κ3) is 3.97. The molecule has 0 aromatic heterocycles. The van der Waals surface area contributed by atoms with Crippen molar-refractivity contribution in [2.75, 3.05) is 0 Å². The molecule has 0 heterocycles. The van der Waals surface area contributed by atoms with Gasteiger partial charge in [-0.2, -0.15) is 0 Å². The van der Waals surface area contributed by atoms with E-state index in [1.54, 1.807) is 6.07 Å². The lowest BCUT2D eigenvalue weighted by Gasteiger charge is -2.20. The van der Waals surface area contributed by atoms with Crippen LogP contribution in [0, 0.1) is 0 Å². The van der Waals surface area contributed by atoms with Crippen molar-refractivity contribution >= 4 is 23.2 Å². The van der Waals surface area contributed by atoms with E-state index < -0.39 is 6.10 Å². The second-order valence-corrected chi connectivity index (χ2v) is 5.59. The van der Waals surface area contributed by atoms with Crippen molar-refractivity contribution in [3.05, 3.63) is 69.7 Å². The van der Waals surface area contributed by atoms with Crippen LogP contribution in [0.1, 0.15) is 24.2 Å². The minimum absolute atomic E-state index is 0.0631. The minimum atomic E-state index is -0.543. The van der Waals surface area contributed by atoms with E-state index in [-0.39, 0.29) is 6.04 Å². The number of hydrogen-bond acceptors (Lipinski definition) is 2. The van der Waals surface area contributed by atoms with Crippen LogP contribution >= 0.6 is 23.2 Å². The van der Waals surface area contributed by atoms with Gasteiger partial charge in [-0.25, -0.2) is 0 Å². The van der Waals surface area contributed by atoms with Crippen molar-refractivity contribution in [2.45, 2.75) is 25.6 Å². The summed E-state index contributed by atoms with van der Waals surface area (Å²) in [7, 11) is 0. The molecule has 0 unspecified atom stereocenters. The summed E-state index contributed by atoms with van der Waals surface area (Å²) in [4.78, 5) is 0. The first-order valence-corrected chi connectivity index (χ1v) is 7.24. The zero-order valence-corrected chi connectivity index (χ0v) is 12.7. The van der Waals surface area contributed by atoms with Crippen LogP contribution in [-0.2, 0) is 6.54 Å². The van der Waals surface area contributed by atoms with E-state index in [1.807, 2.05) is 49.4 Å². The maximum Gasteiger partial charge on any atom is 0.0940 e. The van der Waals surface area contributed by atoms with Gasteiger partial charge in [0.05, 0.1) is 16.1 Å². The SMILES string of the molecule is C[C@@H](NCc1ccc(Cl)c(Cl)c1)[C@H](O)c1ccccc1. The molecule has 0 saturated heterocycles. The summed E-state index contributed by atoms with van der Waals surface area (Å²) >= 11 is 11.9. The fourth-order valence-corrected chi connectivity index (χ4v) is 2.30. The van der Waals surface area contributed by atoms with Gasteiger partial charge >= 0.3 is 0 Å². The first kappa shape index (κ1) is 15.3. The topological polar surface area (TPSA) is 32.3 Å². The van der Waals surface area contributed by atoms with E-state index >= 15 is 0 Å². The van der Waals surface area contributed by atoms with Crippen LogP contribution in [0.3, 0.4) is 0 Å². The molecule has 4 heteroatoms. The van der Waals surface area contributed by atoms with Gasteiger partial charge in [0.15, 0.2) is 0 Å². The Hall–Kier alpha value is -1.06. The molecule has 0 aliphatic carbocycles. The number of nitrogens with one attached hydrogen (secondary N) is 1. The molecule has 2 nitrogen and oxygen atoms in total. The molecule has 2 rings (SSSR count). The third-order valence-electron chi connectivity index (χ3n) is 3.23. The summed E-state index contributed by atoms with van der Waals surface area (Å²) in [5, 5.41) is 14.6. The summed E-state index contributed by atoms with van der Waals surface area (Å²) in [6.45, 7) is 2.58. The second kappa shape index (κ2) is 7.09. The molecule has 2 aromatic rings. The van der Waals surface area contributed by atoms with E-state index in [1.165, 1.54) is 0 Å². The Bertz CT molecular complexity index is 560. The van der Waals surface area contributed by atoms with Crippen LogP contribution in [0.25, 0.3) is 0 Å². The van der Waals surface area contributed by atoms with Crippen molar-refractivity contribution in [1.29, 1.82) is 0 Å². The number of aliphatic hydroxyl groups is 1. The molecule has 2 atom stereocenters. The minimum Gasteiger partial charge on any atom is -0.387 e. The van der Waals surface area contributed by atoms with Crippen molar-refractivity contribution in [1.82, 2.24) is 5.32 Å². The molecule has 0 bridgehead atoms. The normalized spacial score (nSPS) is 14.0. The van der Waals surface area contributed by atoms with Crippen LogP contribution in [0.5, 0.6) is 0 Å². The van der Waals surface area contributed by atoms with Gasteiger partial charge in [0, 0.05) is 12.6 Å². The fourth-order valence-electron chi connectivity index (χ4n) is 1.98. The highest BCUT2D eigenvalue weighted by atomic mass is 35.5. The highest BCUT2D eigenvalue weighted by Crippen LogP contribution is 2.23.